The molecule has 0 bridgehead atoms. The van der Waals surface area contributed by atoms with E-state index in [-0.39, 0.29) is 33.9 Å². The molecule has 1 N–H and O–H groups in total. The quantitative estimate of drug-likeness (QED) is 0.230. The summed E-state index contributed by atoms with van der Waals surface area (Å²) >= 11 is 6.82. The molecule has 4 aromatic rings. The Hall–Kier alpha value is -3.23. The van der Waals surface area contributed by atoms with E-state index < -0.39 is 11.5 Å². The van der Waals surface area contributed by atoms with E-state index in [0.717, 1.165) is 30.2 Å². The largest absolute Gasteiger partial charge is 0.508 e. The van der Waals surface area contributed by atoms with Gasteiger partial charge in [-0.25, -0.2) is 8.78 Å². The molecule has 2 aliphatic heterocycles. The van der Waals surface area contributed by atoms with Crippen molar-refractivity contribution in [2.45, 2.75) is 51.7 Å². The van der Waals surface area contributed by atoms with Crippen LogP contribution in [-0.2, 0) is 0 Å². The van der Waals surface area contributed by atoms with Crippen molar-refractivity contribution in [3.63, 3.8) is 0 Å². The number of phenols is 1. The number of rotatable bonds is 7. The molecule has 0 amide bonds. The fraction of sp³-hybridized carbons (Fsp3) is 0.438. The van der Waals surface area contributed by atoms with Crippen LogP contribution in [-0.4, -0.2) is 64.5 Å². The number of benzene rings is 3. The van der Waals surface area contributed by atoms with Gasteiger partial charge in [0.2, 0.25) is 0 Å². The van der Waals surface area contributed by atoms with E-state index >= 15 is 4.39 Å². The molecule has 0 saturated carbocycles. The lowest BCUT2D eigenvalue weighted by molar-refractivity contribution is -0.0193. The van der Waals surface area contributed by atoms with Gasteiger partial charge in [-0.05, 0) is 73.6 Å². The normalized spacial score (nSPS) is 20.9. The molecule has 2 saturated heterocycles. The SMILES string of the molecule is C[C@H]1CC[C@H](C)N(c2nc(OCCCN3CC(C)(F)C3)nc3c(F)c(-c4cc(O)cc5ccccc45)c(Cl)cc23)C1. The molecule has 6 nitrogen and oxygen atoms in total. The lowest BCUT2D eigenvalue weighted by Gasteiger charge is -2.42. The van der Waals surface area contributed by atoms with E-state index in [1.165, 1.54) is 6.07 Å². The van der Waals surface area contributed by atoms with Crippen molar-refractivity contribution >= 4 is 39.1 Å². The number of fused-ring (bicyclic) bond motifs is 2. The Bertz CT molecular complexity index is 1610. The summed E-state index contributed by atoms with van der Waals surface area (Å²) in [6, 6.07) is 12.7. The minimum absolute atomic E-state index is 0.0214. The molecule has 9 heteroatoms. The summed E-state index contributed by atoms with van der Waals surface area (Å²) in [4.78, 5) is 13.6. The number of likely N-dealkylation sites (tertiary alicyclic amines) is 1. The second-order valence-corrected chi connectivity index (χ2v) is 12.4. The lowest BCUT2D eigenvalue weighted by Crippen LogP contribution is -2.57. The summed E-state index contributed by atoms with van der Waals surface area (Å²) in [5.41, 5.74) is -0.328. The zero-order valence-electron chi connectivity index (χ0n) is 23.6. The van der Waals surface area contributed by atoms with Gasteiger partial charge in [0, 0.05) is 43.2 Å². The maximum absolute atomic E-state index is 16.6. The summed E-state index contributed by atoms with van der Waals surface area (Å²) < 4.78 is 36.4. The van der Waals surface area contributed by atoms with Crippen molar-refractivity contribution < 1.29 is 18.6 Å². The second-order valence-electron chi connectivity index (χ2n) is 12.0. The van der Waals surface area contributed by atoms with Crippen molar-refractivity contribution in [2.75, 3.05) is 37.7 Å². The zero-order valence-corrected chi connectivity index (χ0v) is 24.4. The molecule has 3 aromatic carbocycles. The van der Waals surface area contributed by atoms with Crippen LogP contribution in [0.3, 0.4) is 0 Å². The molecule has 2 fully saturated rings. The number of nitrogens with zero attached hydrogens (tertiary/aromatic N) is 4. The van der Waals surface area contributed by atoms with Crippen molar-refractivity contribution in [2.24, 2.45) is 5.92 Å². The van der Waals surface area contributed by atoms with Crippen LogP contribution in [0.25, 0.3) is 32.8 Å². The first kappa shape index (κ1) is 27.9. The highest BCUT2D eigenvalue weighted by Gasteiger charge is 2.38. The Morgan fingerprint density at radius 2 is 1.88 bits per heavy atom. The van der Waals surface area contributed by atoms with Gasteiger partial charge in [0.15, 0.2) is 5.82 Å². The van der Waals surface area contributed by atoms with Crippen molar-refractivity contribution in [3.8, 4) is 22.9 Å². The van der Waals surface area contributed by atoms with E-state index in [1.54, 1.807) is 19.1 Å². The predicted molar refractivity (Wildman–Crippen MR) is 160 cm³/mol. The molecular formula is C32H35ClF2N4O2. The van der Waals surface area contributed by atoms with Crippen LogP contribution in [0, 0.1) is 11.7 Å². The molecule has 41 heavy (non-hydrogen) atoms. The number of hydrogen-bond acceptors (Lipinski definition) is 6. The number of alkyl halides is 1. The smallest absolute Gasteiger partial charge is 0.319 e. The molecule has 216 valence electrons. The minimum Gasteiger partial charge on any atom is -0.508 e. The number of aromatic nitrogens is 2. The fourth-order valence-corrected chi connectivity index (χ4v) is 6.57. The highest BCUT2D eigenvalue weighted by atomic mass is 35.5. The summed E-state index contributed by atoms with van der Waals surface area (Å²) in [6.07, 6.45) is 2.78. The molecule has 0 radical (unpaired) electrons. The maximum Gasteiger partial charge on any atom is 0.319 e. The lowest BCUT2D eigenvalue weighted by atomic mass is 9.94. The predicted octanol–water partition coefficient (Wildman–Crippen LogP) is 7.39. The molecule has 6 rings (SSSR count). The van der Waals surface area contributed by atoms with Gasteiger partial charge in [0.25, 0.3) is 0 Å². The van der Waals surface area contributed by atoms with Gasteiger partial charge in [-0.3, -0.25) is 4.90 Å². The molecule has 0 unspecified atom stereocenters. The molecule has 1 aromatic heterocycles. The van der Waals surface area contributed by atoms with E-state index in [2.05, 4.69) is 23.7 Å². The standard InChI is InChI=1S/C32H35ClF2N4O2/c1-19-9-10-20(2)39(16-19)30-25-15-26(33)27(24-14-22(40)13-21-7-4-5-8-23(21)24)28(34)29(25)36-31(37-30)41-12-6-11-38-17-32(3,35)18-38/h4-5,7-8,13-15,19-20,40H,6,9-12,16-18H2,1-3H3/t19-,20-/m0/s1. The van der Waals surface area contributed by atoms with Crippen LogP contribution in [0.15, 0.2) is 42.5 Å². The fourth-order valence-electron chi connectivity index (χ4n) is 6.27. The third-order valence-electron chi connectivity index (χ3n) is 8.30. The van der Waals surface area contributed by atoms with Gasteiger partial charge >= 0.3 is 6.01 Å². The Kier molecular flexibility index (Phi) is 7.41. The van der Waals surface area contributed by atoms with E-state index in [4.69, 9.17) is 21.3 Å². The minimum atomic E-state index is -1.11. The molecule has 0 aliphatic carbocycles. The zero-order chi connectivity index (χ0) is 28.9. The highest BCUT2D eigenvalue weighted by Crippen LogP contribution is 2.43. The van der Waals surface area contributed by atoms with Crippen LogP contribution in [0.5, 0.6) is 11.8 Å². The van der Waals surface area contributed by atoms with Gasteiger partial charge in [-0.1, -0.05) is 42.8 Å². The third kappa shape index (κ3) is 5.52. The van der Waals surface area contributed by atoms with Crippen LogP contribution in [0.2, 0.25) is 5.02 Å². The van der Waals surface area contributed by atoms with Crippen molar-refractivity contribution in [1.82, 2.24) is 14.9 Å². The van der Waals surface area contributed by atoms with Crippen molar-refractivity contribution in [3.05, 3.63) is 53.3 Å². The molecule has 2 atom stereocenters. The number of aromatic hydroxyl groups is 1. The number of piperidine rings is 1. The van der Waals surface area contributed by atoms with Crippen LogP contribution in [0.4, 0.5) is 14.6 Å². The average Bonchev–Trinajstić information content (AvgIpc) is 2.91. The van der Waals surface area contributed by atoms with Gasteiger partial charge in [-0.15, -0.1) is 0 Å². The van der Waals surface area contributed by atoms with Crippen molar-refractivity contribution in [1.29, 1.82) is 0 Å². The van der Waals surface area contributed by atoms with E-state index in [1.807, 2.05) is 29.2 Å². The first-order valence-corrected chi connectivity index (χ1v) is 14.7. The Morgan fingerprint density at radius 3 is 2.66 bits per heavy atom. The summed E-state index contributed by atoms with van der Waals surface area (Å²) in [5, 5.41) is 12.7. The van der Waals surface area contributed by atoms with Gasteiger partial charge in [-0.2, -0.15) is 9.97 Å². The number of anilines is 1. The Morgan fingerprint density at radius 1 is 1.10 bits per heavy atom. The first-order chi connectivity index (χ1) is 19.6. The van der Waals surface area contributed by atoms with Crippen LogP contribution in [0.1, 0.15) is 40.0 Å². The number of ether oxygens (including phenoxy) is 1. The van der Waals surface area contributed by atoms with Gasteiger partial charge in [0.05, 0.1) is 11.6 Å². The third-order valence-corrected chi connectivity index (χ3v) is 8.60. The van der Waals surface area contributed by atoms with E-state index in [9.17, 15) is 9.50 Å². The number of hydrogen-bond donors (Lipinski definition) is 1. The summed E-state index contributed by atoms with van der Waals surface area (Å²) in [7, 11) is 0. The van der Waals surface area contributed by atoms with E-state index in [0.29, 0.717) is 55.3 Å². The topological polar surface area (TPSA) is 61.7 Å². The van der Waals surface area contributed by atoms with Crippen LogP contribution >= 0.6 is 11.6 Å². The first-order valence-electron chi connectivity index (χ1n) is 14.3. The molecule has 0 spiro atoms. The maximum atomic E-state index is 16.6. The van der Waals surface area contributed by atoms with Gasteiger partial charge in [0.1, 0.15) is 22.8 Å². The number of phenolic OH excluding ortho intramolecular Hbond substituents is 1. The molecule has 3 heterocycles. The monoisotopic (exact) mass is 580 g/mol. The Balaban J connectivity index is 1.42. The Labute approximate surface area is 243 Å². The number of halogens is 3. The second kappa shape index (κ2) is 10.9. The summed E-state index contributed by atoms with van der Waals surface area (Å²) in [6.45, 7) is 8.63. The van der Waals surface area contributed by atoms with Crippen LogP contribution < -0.4 is 9.64 Å². The average molecular weight is 581 g/mol. The molecular weight excluding hydrogens is 546 g/mol. The van der Waals surface area contributed by atoms with Gasteiger partial charge < -0.3 is 14.7 Å². The highest BCUT2D eigenvalue weighted by molar-refractivity contribution is 6.35. The summed E-state index contributed by atoms with van der Waals surface area (Å²) in [5.74, 6) is 0.495. The molecule has 2 aliphatic rings.